The van der Waals surface area contributed by atoms with Gasteiger partial charge in [0.15, 0.2) is 0 Å². The Morgan fingerprint density at radius 3 is 2.93 bits per heavy atom. The van der Waals surface area contributed by atoms with Crippen LogP contribution in [0.2, 0.25) is 0 Å². The molecule has 6 nitrogen and oxygen atoms in total. The maximum absolute atomic E-state index is 10.7. The predicted molar refractivity (Wildman–Crippen MR) is 48.7 cm³/mol. The van der Waals surface area contributed by atoms with Crippen molar-refractivity contribution in [2.75, 3.05) is 0 Å². The van der Waals surface area contributed by atoms with Gasteiger partial charge in [0.25, 0.3) is 0 Å². The molecule has 2 rings (SSSR count). The standard InChI is InChI=1S/C7H6N4O2S/c1-4-5(6(12)13)2-11(10-4)7-9-8-3-14-7/h2-3H,1H3,(H,12,13). The van der Waals surface area contributed by atoms with Crippen molar-refractivity contribution < 1.29 is 9.90 Å². The molecular weight excluding hydrogens is 204 g/mol. The minimum absolute atomic E-state index is 0.181. The van der Waals surface area contributed by atoms with Crippen LogP contribution in [0.25, 0.3) is 5.13 Å². The molecule has 0 saturated carbocycles. The van der Waals surface area contributed by atoms with E-state index in [-0.39, 0.29) is 5.56 Å². The molecule has 2 heterocycles. The molecule has 0 atom stereocenters. The number of hydrogen-bond acceptors (Lipinski definition) is 5. The van der Waals surface area contributed by atoms with E-state index in [1.165, 1.54) is 22.2 Å². The predicted octanol–water partition coefficient (Wildman–Crippen LogP) is 0.730. The fourth-order valence-electron chi connectivity index (χ4n) is 1.04. The minimum Gasteiger partial charge on any atom is -0.478 e. The number of aromatic carboxylic acids is 1. The summed E-state index contributed by atoms with van der Waals surface area (Å²) in [6, 6.07) is 0. The van der Waals surface area contributed by atoms with Gasteiger partial charge in [0.05, 0.1) is 5.69 Å². The van der Waals surface area contributed by atoms with Crippen LogP contribution >= 0.6 is 11.3 Å². The highest BCUT2D eigenvalue weighted by atomic mass is 32.1. The summed E-state index contributed by atoms with van der Waals surface area (Å²) in [7, 11) is 0. The number of carboxylic acid groups (broad SMARTS) is 1. The van der Waals surface area contributed by atoms with E-state index < -0.39 is 5.97 Å². The highest BCUT2D eigenvalue weighted by Crippen LogP contribution is 2.12. The summed E-state index contributed by atoms with van der Waals surface area (Å²) in [6.07, 6.45) is 1.43. The topological polar surface area (TPSA) is 80.9 Å². The maximum Gasteiger partial charge on any atom is 0.339 e. The molecule has 7 heteroatoms. The minimum atomic E-state index is -0.988. The van der Waals surface area contributed by atoms with Crippen molar-refractivity contribution in [2.24, 2.45) is 0 Å². The first kappa shape index (κ1) is 8.82. The summed E-state index contributed by atoms with van der Waals surface area (Å²) in [5.74, 6) is -0.988. The first-order valence-corrected chi connectivity index (χ1v) is 4.62. The first-order chi connectivity index (χ1) is 6.68. The van der Waals surface area contributed by atoms with E-state index in [9.17, 15) is 4.79 Å². The van der Waals surface area contributed by atoms with Gasteiger partial charge in [0.1, 0.15) is 11.1 Å². The van der Waals surface area contributed by atoms with E-state index in [1.54, 1.807) is 12.4 Å². The van der Waals surface area contributed by atoms with Crippen LogP contribution in [0.5, 0.6) is 0 Å². The highest BCUT2D eigenvalue weighted by molar-refractivity contribution is 7.11. The van der Waals surface area contributed by atoms with E-state index in [2.05, 4.69) is 15.3 Å². The molecule has 72 valence electrons. The number of nitrogens with zero attached hydrogens (tertiary/aromatic N) is 4. The molecule has 0 aliphatic heterocycles. The van der Waals surface area contributed by atoms with Gasteiger partial charge in [-0.2, -0.15) is 5.10 Å². The molecule has 0 radical (unpaired) electrons. The average Bonchev–Trinajstić information content (AvgIpc) is 2.70. The quantitative estimate of drug-likeness (QED) is 0.790. The normalized spacial score (nSPS) is 10.4. The lowest BCUT2D eigenvalue weighted by atomic mass is 10.3. The molecule has 0 unspecified atom stereocenters. The van der Waals surface area contributed by atoms with Crippen molar-refractivity contribution in [3.8, 4) is 5.13 Å². The summed E-state index contributed by atoms with van der Waals surface area (Å²) in [6.45, 7) is 1.64. The number of aromatic nitrogens is 4. The van der Waals surface area contributed by atoms with Gasteiger partial charge in [-0.05, 0) is 6.92 Å². The zero-order chi connectivity index (χ0) is 10.1. The SMILES string of the molecule is Cc1nn(-c2nncs2)cc1C(=O)O. The van der Waals surface area contributed by atoms with Gasteiger partial charge in [-0.3, -0.25) is 0 Å². The Balaban J connectivity index is 2.48. The first-order valence-electron chi connectivity index (χ1n) is 3.74. The molecular formula is C7H6N4O2S. The molecule has 0 aliphatic carbocycles. The van der Waals surface area contributed by atoms with E-state index >= 15 is 0 Å². The summed E-state index contributed by atoms with van der Waals surface area (Å²) < 4.78 is 1.41. The van der Waals surface area contributed by atoms with Gasteiger partial charge in [0, 0.05) is 6.20 Å². The Kier molecular flexibility index (Phi) is 2.01. The van der Waals surface area contributed by atoms with E-state index in [0.29, 0.717) is 10.8 Å². The summed E-state index contributed by atoms with van der Waals surface area (Å²) >= 11 is 1.30. The van der Waals surface area contributed by atoms with Gasteiger partial charge in [-0.1, -0.05) is 11.3 Å². The van der Waals surface area contributed by atoms with Crippen LogP contribution in [0.1, 0.15) is 16.1 Å². The Labute approximate surface area is 82.8 Å². The van der Waals surface area contributed by atoms with Crippen molar-refractivity contribution in [2.45, 2.75) is 6.92 Å². The fourth-order valence-corrected chi connectivity index (χ4v) is 1.52. The van der Waals surface area contributed by atoms with Gasteiger partial charge in [0.2, 0.25) is 5.13 Å². The second kappa shape index (κ2) is 3.18. The molecule has 0 saturated heterocycles. The molecule has 0 bridgehead atoms. The van der Waals surface area contributed by atoms with Crippen LogP contribution in [0.15, 0.2) is 11.7 Å². The van der Waals surface area contributed by atoms with Crippen LogP contribution in [0.3, 0.4) is 0 Å². The maximum atomic E-state index is 10.7. The van der Waals surface area contributed by atoms with Gasteiger partial charge in [-0.25, -0.2) is 9.48 Å². The Morgan fingerprint density at radius 2 is 2.43 bits per heavy atom. The number of rotatable bonds is 2. The molecule has 0 spiro atoms. The second-order valence-electron chi connectivity index (χ2n) is 2.60. The zero-order valence-corrected chi connectivity index (χ0v) is 8.02. The summed E-state index contributed by atoms with van der Waals surface area (Å²) in [5.41, 5.74) is 2.21. The summed E-state index contributed by atoms with van der Waals surface area (Å²) in [4.78, 5) is 10.7. The van der Waals surface area contributed by atoms with Crippen LogP contribution in [-0.2, 0) is 0 Å². The molecule has 2 aromatic heterocycles. The van der Waals surface area contributed by atoms with Crippen molar-refractivity contribution in [3.63, 3.8) is 0 Å². The fraction of sp³-hybridized carbons (Fsp3) is 0.143. The number of aryl methyl sites for hydroxylation is 1. The second-order valence-corrected chi connectivity index (χ2v) is 3.41. The lowest BCUT2D eigenvalue weighted by Crippen LogP contribution is -1.95. The van der Waals surface area contributed by atoms with Crippen molar-refractivity contribution >= 4 is 17.3 Å². The van der Waals surface area contributed by atoms with Crippen molar-refractivity contribution in [3.05, 3.63) is 23.0 Å². The average molecular weight is 210 g/mol. The third-order valence-electron chi connectivity index (χ3n) is 1.67. The largest absolute Gasteiger partial charge is 0.478 e. The number of carboxylic acids is 1. The lowest BCUT2D eigenvalue weighted by molar-refractivity contribution is 0.0696. The van der Waals surface area contributed by atoms with Crippen LogP contribution in [0, 0.1) is 6.92 Å². The Bertz CT molecular complexity index is 462. The number of hydrogen-bond donors (Lipinski definition) is 1. The van der Waals surface area contributed by atoms with E-state index in [4.69, 9.17) is 5.11 Å². The molecule has 14 heavy (non-hydrogen) atoms. The molecule has 2 aromatic rings. The Hall–Kier alpha value is -1.76. The van der Waals surface area contributed by atoms with Gasteiger partial charge in [-0.15, -0.1) is 10.2 Å². The van der Waals surface area contributed by atoms with Crippen molar-refractivity contribution in [1.29, 1.82) is 0 Å². The molecule has 0 fully saturated rings. The van der Waals surface area contributed by atoms with Crippen molar-refractivity contribution in [1.82, 2.24) is 20.0 Å². The van der Waals surface area contributed by atoms with Gasteiger partial charge >= 0.3 is 5.97 Å². The van der Waals surface area contributed by atoms with Crippen LogP contribution in [0.4, 0.5) is 0 Å². The zero-order valence-electron chi connectivity index (χ0n) is 7.21. The van der Waals surface area contributed by atoms with E-state index in [0.717, 1.165) is 0 Å². The molecule has 0 aromatic carbocycles. The highest BCUT2D eigenvalue weighted by Gasteiger charge is 2.13. The Morgan fingerprint density at radius 1 is 1.64 bits per heavy atom. The van der Waals surface area contributed by atoms with E-state index in [1.807, 2.05) is 0 Å². The third-order valence-corrected chi connectivity index (χ3v) is 2.35. The smallest absolute Gasteiger partial charge is 0.339 e. The number of carbonyl (C=O) groups is 1. The monoisotopic (exact) mass is 210 g/mol. The third kappa shape index (κ3) is 1.37. The lowest BCUT2D eigenvalue weighted by Gasteiger charge is -1.89. The molecule has 1 N–H and O–H groups in total. The van der Waals surface area contributed by atoms with Crippen LogP contribution < -0.4 is 0 Å². The van der Waals surface area contributed by atoms with Crippen LogP contribution in [-0.4, -0.2) is 31.1 Å². The molecule has 0 aliphatic rings. The molecule has 0 amide bonds. The van der Waals surface area contributed by atoms with Gasteiger partial charge < -0.3 is 5.11 Å². The summed E-state index contributed by atoms with van der Waals surface area (Å²) in [5, 5.41) is 20.8.